The van der Waals surface area contributed by atoms with Crippen LogP contribution in [0.3, 0.4) is 0 Å². The van der Waals surface area contributed by atoms with Crippen molar-refractivity contribution in [2.24, 2.45) is 5.92 Å². The number of benzene rings is 1. The summed E-state index contributed by atoms with van der Waals surface area (Å²) in [4.78, 5) is 11.6. The maximum Gasteiger partial charge on any atom is 0.226 e. The minimum Gasteiger partial charge on any atom is -0.491 e. The van der Waals surface area contributed by atoms with Crippen molar-refractivity contribution in [1.82, 2.24) is 5.32 Å². The van der Waals surface area contributed by atoms with Gasteiger partial charge in [-0.3, -0.25) is 4.79 Å². The largest absolute Gasteiger partial charge is 0.491 e. The normalized spacial score (nSPS) is 17.1. The lowest BCUT2D eigenvalue weighted by Crippen LogP contribution is -2.34. The molecule has 6 heteroatoms. The molecular formula is C17H24N2O3S. The average Bonchev–Trinajstić information content (AvgIpc) is 2.98. The fourth-order valence-corrected chi connectivity index (χ4v) is 2.54. The summed E-state index contributed by atoms with van der Waals surface area (Å²) in [6, 6.07) is 7.48. The van der Waals surface area contributed by atoms with Crippen molar-refractivity contribution >= 4 is 28.9 Å². The predicted molar refractivity (Wildman–Crippen MR) is 94.7 cm³/mol. The molecule has 1 atom stereocenters. The van der Waals surface area contributed by atoms with Crippen LogP contribution in [0.4, 0.5) is 5.69 Å². The van der Waals surface area contributed by atoms with Crippen molar-refractivity contribution in [2.75, 3.05) is 18.5 Å². The molecule has 5 nitrogen and oxygen atoms in total. The third kappa shape index (κ3) is 6.54. The van der Waals surface area contributed by atoms with E-state index >= 15 is 0 Å². The Morgan fingerprint density at radius 2 is 2.13 bits per heavy atom. The number of ether oxygens (including phenoxy) is 2. The summed E-state index contributed by atoms with van der Waals surface area (Å²) in [6.07, 6.45) is 2.83. The van der Waals surface area contributed by atoms with Gasteiger partial charge in [0.2, 0.25) is 5.91 Å². The summed E-state index contributed by atoms with van der Waals surface area (Å²) in [5.41, 5.74) is 0.810. The Labute approximate surface area is 142 Å². The number of anilines is 1. The summed E-state index contributed by atoms with van der Waals surface area (Å²) >= 11 is 5.13. The molecule has 0 unspecified atom stereocenters. The molecule has 1 fully saturated rings. The van der Waals surface area contributed by atoms with Gasteiger partial charge in [0.25, 0.3) is 0 Å². The summed E-state index contributed by atoms with van der Waals surface area (Å²) in [5.74, 6) is 1.02. The Balaban J connectivity index is 1.75. The molecule has 1 amide bonds. The van der Waals surface area contributed by atoms with E-state index in [0.29, 0.717) is 24.1 Å². The number of rotatable bonds is 6. The molecule has 0 saturated carbocycles. The first-order chi connectivity index (χ1) is 11.0. The molecule has 1 aromatic rings. The van der Waals surface area contributed by atoms with Gasteiger partial charge >= 0.3 is 0 Å². The van der Waals surface area contributed by atoms with Crippen molar-refractivity contribution < 1.29 is 14.3 Å². The summed E-state index contributed by atoms with van der Waals surface area (Å²) in [7, 11) is 0. The number of amides is 1. The molecule has 1 heterocycles. The fourth-order valence-electron chi connectivity index (χ4n) is 2.31. The van der Waals surface area contributed by atoms with Crippen molar-refractivity contribution in [3.63, 3.8) is 0 Å². The van der Waals surface area contributed by atoms with E-state index in [1.165, 1.54) is 0 Å². The quantitative estimate of drug-likeness (QED) is 0.782. The minimum absolute atomic E-state index is 0.0750. The van der Waals surface area contributed by atoms with E-state index in [2.05, 4.69) is 10.6 Å². The molecule has 0 spiro atoms. The second-order valence-corrected chi connectivity index (χ2v) is 6.48. The van der Waals surface area contributed by atoms with Gasteiger partial charge in [0.15, 0.2) is 5.11 Å². The van der Waals surface area contributed by atoms with E-state index in [-0.39, 0.29) is 12.0 Å². The molecule has 2 N–H and O–H groups in total. The number of hydrogen-bond acceptors (Lipinski definition) is 4. The highest BCUT2D eigenvalue weighted by molar-refractivity contribution is 7.80. The third-order valence-corrected chi connectivity index (χ3v) is 3.62. The van der Waals surface area contributed by atoms with Gasteiger partial charge in [-0.05, 0) is 55.2 Å². The molecular weight excluding hydrogens is 312 g/mol. The molecule has 1 aliphatic rings. The predicted octanol–water partition coefficient (Wildman–Crippen LogP) is 3.10. The van der Waals surface area contributed by atoms with Crippen LogP contribution >= 0.6 is 12.2 Å². The summed E-state index contributed by atoms with van der Waals surface area (Å²) < 4.78 is 11.2. The maximum absolute atomic E-state index is 11.6. The average molecular weight is 336 g/mol. The standard InChI is InChI=1S/C17H24N2O3S/c1-12(2)10-16(20)19-17(23)18-13-5-7-14(8-6-13)22-11-15-4-3-9-21-15/h5-8,12,15H,3-4,9-11H2,1-2H3,(H2,18,19,20,23)/t15-/m0/s1. The second kappa shape index (κ2) is 8.84. The zero-order valence-electron chi connectivity index (χ0n) is 13.6. The Morgan fingerprint density at radius 1 is 1.39 bits per heavy atom. The fraction of sp³-hybridized carbons (Fsp3) is 0.529. The first kappa shape index (κ1) is 17.7. The van der Waals surface area contributed by atoms with Gasteiger partial charge in [0, 0.05) is 18.7 Å². The molecule has 0 aliphatic carbocycles. The van der Waals surface area contributed by atoms with Crippen LogP contribution in [0.5, 0.6) is 5.75 Å². The number of thiocarbonyl (C=S) groups is 1. The maximum atomic E-state index is 11.6. The highest BCUT2D eigenvalue weighted by atomic mass is 32.1. The topological polar surface area (TPSA) is 59.6 Å². The molecule has 126 valence electrons. The molecule has 1 saturated heterocycles. The van der Waals surface area contributed by atoms with E-state index in [1.54, 1.807) is 0 Å². The second-order valence-electron chi connectivity index (χ2n) is 6.07. The van der Waals surface area contributed by atoms with Crippen LogP contribution in [0.1, 0.15) is 33.1 Å². The van der Waals surface area contributed by atoms with Crippen LogP contribution in [-0.4, -0.2) is 30.3 Å². The summed E-state index contributed by atoms with van der Waals surface area (Å²) in [6.45, 7) is 5.39. The monoisotopic (exact) mass is 336 g/mol. The smallest absolute Gasteiger partial charge is 0.226 e. The van der Waals surface area contributed by atoms with E-state index in [4.69, 9.17) is 21.7 Å². The first-order valence-corrected chi connectivity index (χ1v) is 8.39. The van der Waals surface area contributed by atoms with E-state index < -0.39 is 0 Å². The SMILES string of the molecule is CC(C)CC(=O)NC(=S)Nc1ccc(OC[C@@H]2CCCO2)cc1. The van der Waals surface area contributed by atoms with Gasteiger partial charge in [-0.15, -0.1) is 0 Å². The van der Waals surface area contributed by atoms with Gasteiger partial charge in [-0.25, -0.2) is 0 Å². The van der Waals surface area contributed by atoms with Crippen LogP contribution in [0.15, 0.2) is 24.3 Å². The lowest BCUT2D eigenvalue weighted by Gasteiger charge is -2.13. The highest BCUT2D eigenvalue weighted by Crippen LogP contribution is 2.18. The highest BCUT2D eigenvalue weighted by Gasteiger charge is 2.15. The van der Waals surface area contributed by atoms with E-state index in [0.717, 1.165) is 30.9 Å². The van der Waals surface area contributed by atoms with Crippen molar-refractivity contribution in [3.8, 4) is 5.75 Å². The van der Waals surface area contributed by atoms with Crippen LogP contribution in [-0.2, 0) is 9.53 Å². The number of nitrogens with one attached hydrogen (secondary N) is 2. The Morgan fingerprint density at radius 3 is 2.74 bits per heavy atom. The van der Waals surface area contributed by atoms with Gasteiger partial charge in [0.1, 0.15) is 12.4 Å². The van der Waals surface area contributed by atoms with Crippen molar-refractivity contribution in [2.45, 2.75) is 39.2 Å². The van der Waals surface area contributed by atoms with E-state index in [9.17, 15) is 4.79 Å². The lowest BCUT2D eigenvalue weighted by atomic mass is 10.1. The molecule has 2 rings (SSSR count). The number of hydrogen-bond donors (Lipinski definition) is 2. The first-order valence-electron chi connectivity index (χ1n) is 7.98. The molecule has 0 aromatic heterocycles. The van der Waals surface area contributed by atoms with Gasteiger partial charge in [0.05, 0.1) is 6.10 Å². The molecule has 1 aromatic carbocycles. The van der Waals surface area contributed by atoms with Gasteiger partial charge in [-0.1, -0.05) is 13.8 Å². The van der Waals surface area contributed by atoms with Crippen LogP contribution in [0.2, 0.25) is 0 Å². The lowest BCUT2D eigenvalue weighted by molar-refractivity contribution is -0.120. The number of carbonyl (C=O) groups is 1. The van der Waals surface area contributed by atoms with Crippen LogP contribution in [0, 0.1) is 5.92 Å². The van der Waals surface area contributed by atoms with Crippen LogP contribution in [0.25, 0.3) is 0 Å². The molecule has 0 bridgehead atoms. The van der Waals surface area contributed by atoms with Crippen molar-refractivity contribution in [3.05, 3.63) is 24.3 Å². The van der Waals surface area contributed by atoms with Crippen molar-refractivity contribution in [1.29, 1.82) is 0 Å². The summed E-state index contributed by atoms with van der Waals surface area (Å²) in [5, 5.41) is 5.97. The zero-order chi connectivity index (χ0) is 16.7. The number of carbonyl (C=O) groups excluding carboxylic acids is 1. The minimum atomic E-state index is -0.0750. The Bertz CT molecular complexity index is 525. The zero-order valence-corrected chi connectivity index (χ0v) is 14.4. The Kier molecular flexibility index (Phi) is 6.80. The molecule has 23 heavy (non-hydrogen) atoms. The Hall–Kier alpha value is -1.66. The third-order valence-electron chi connectivity index (χ3n) is 3.42. The molecule has 0 radical (unpaired) electrons. The van der Waals surface area contributed by atoms with Crippen LogP contribution < -0.4 is 15.4 Å². The van der Waals surface area contributed by atoms with E-state index in [1.807, 2.05) is 38.1 Å². The molecule has 1 aliphatic heterocycles. The van der Waals surface area contributed by atoms with Gasteiger partial charge < -0.3 is 20.1 Å². The van der Waals surface area contributed by atoms with Gasteiger partial charge in [-0.2, -0.15) is 0 Å².